The van der Waals surface area contributed by atoms with E-state index in [2.05, 4.69) is 27.0 Å². The molecular weight excluding hydrogens is 435 g/mol. The molecule has 0 N–H and O–H groups in total. The smallest absolute Gasteiger partial charge is 0.306 e. The van der Waals surface area contributed by atoms with Gasteiger partial charge in [-0.3, -0.25) is 4.79 Å². The highest BCUT2D eigenvalue weighted by molar-refractivity contribution is 9.10. The van der Waals surface area contributed by atoms with Crippen LogP contribution in [0.3, 0.4) is 0 Å². The fraction of sp³-hybridized carbons (Fsp3) is 0.348. The highest BCUT2D eigenvalue weighted by Gasteiger charge is 2.16. The minimum Gasteiger partial charge on any atom is -0.460 e. The molecule has 0 aliphatic carbocycles. The van der Waals surface area contributed by atoms with Gasteiger partial charge in [0.15, 0.2) is 5.65 Å². The third-order valence-electron chi connectivity index (χ3n) is 4.33. The molecule has 0 radical (unpaired) electrons. The van der Waals surface area contributed by atoms with E-state index >= 15 is 0 Å². The van der Waals surface area contributed by atoms with Crippen LogP contribution in [0.5, 0.6) is 0 Å². The summed E-state index contributed by atoms with van der Waals surface area (Å²) in [7, 11) is 0. The molecule has 2 heterocycles. The average Bonchev–Trinajstić information content (AvgIpc) is 2.64. The minimum atomic E-state index is -0.463. The number of carbonyl (C=O) groups is 1. The van der Waals surface area contributed by atoms with Gasteiger partial charge in [0.1, 0.15) is 11.4 Å². The van der Waals surface area contributed by atoms with Crippen LogP contribution in [0.2, 0.25) is 0 Å². The van der Waals surface area contributed by atoms with Crippen molar-refractivity contribution < 1.29 is 13.9 Å². The maximum absolute atomic E-state index is 13.4. The Balaban J connectivity index is 1.80. The van der Waals surface area contributed by atoms with E-state index in [9.17, 15) is 9.18 Å². The first-order valence-corrected chi connectivity index (χ1v) is 10.4. The molecule has 0 amide bonds. The van der Waals surface area contributed by atoms with Crippen LogP contribution in [0.4, 0.5) is 4.39 Å². The summed E-state index contributed by atoms with van der Waals surface area (Å²) in [6.07, 6.45) is 4.40. The molecule has 1 aromatic carbocycles. The summed E-state index contributed by atoms with van der Waals surface area (Å²) in [5, 5.41) is 0.937. The second-order valence-corrected chi connectivity index (χ2v) is 8.91. The van der Waals surface area contributed by atoms with Crippen molar-refractivity contribution in [1.29, 1.82) is 0 Å². The van der Waals surface area contributed by atoms with Gasteiger partial charge in [-0.05, 0) is 97.9 Å². The van der Waals surface area contributed by atoms with Crippen molar-refractivity contribution >= 4 is 32.9 Å². The maximum atomic E-state index is 13.4. The van der Waals surface area contributed by atoms with Crippen LogP contribution in [0.1, 0.15) is 45.6 Å². The first kappa shape index (κ1) is 21.4. The molecule has 0 unspecified atom stereocenters. The molecule has 0 aliphatic heterocycles. The third-order valence-corrected chi connectivity index (χ3v) is 4.76. The van der Waals surface area contributed by atoms with E-state index in [4.69, 9.17) is 9.72 Å². The van der Waals surface area contributed by atoms with Gasteiger partial charge >= 0.3 is 5.97 Å². The zero-order valence-electron chi connectivity index (χ0n) is 16.8. The van der Waals surface area contributed by atoms with Crippen molar-refractivity contribution in [3.63, 3.8) is 0 Å². The van der Waals surface area contributed by atoms with Gasteiger partial charge in [0, 0.05) is 28.0 Å². The molecule has 3 aromatic rings. The Morgan fingerprint density at radius 1 is 1.14 bits per heavy atom. The van der Waals surface area contributed by atoms with Crippen molar-refractivity contribution in [3.8, 4) is 11.3 Å². The summed E-state index contributed by atoms with van der Waals surface area (Å²) in [6, 6.07) is 10.4. The Labute approximate surface area is 178 Å². The minimum absolute atomic E-state index is 0.180. The highest BCUT2D eigenvalue weighted by atomic mass is 79.9. The number of nitrogens with zero attached hydrogens (tertiary/aromatic N) is 2. The molecule has 0 atom stereocenters. The lowest BCUT2D eigenvalue weighted by molar-refractivity contribution is -0.154. The molecule has 0 saturated heterocycles. The number of halogens is 2. The fourth-order valence-corrected chi connectivity index (χ4v) is 3.46. The number of benzene rings is 1. The zero-order valence-corrected chi connectivity index (χ0v) is 18.4. The molecule has 29 heavy (non-hydrogen) atoms. The van der Waals surface area contributed by atoms with Gasteiger partial charge < -0.3 is 4.74 Å². The number of ether oxygens (including phenoxy) is 1. The molecular formula is C23H24BrFN2O2. The molecule has 6 heteroatoms. The first-order valence-electron chi connectivity index (χ1n) is 9.64. The first-order chi connectivity index (χ1) is 13.7. The van der Waals surface area contributed by atoms with Crippen molar-refractivity contribution in [3.05, 3.63) is 58.4 Å². The van der Waals surface area contributed by atoms with Crippen LogP contribution >= 0.6 is 15.9 Å². The summed E-state index contributed by atoms with van der Waals surface area (Å²) < 4.78 is 19.6. The predicted molar refractivity (Wildman–Crippen MR) is 116 cm³/mol. The van der Waals surface area contributed by atoms with Gasteiger partial charge in [0.2, 0.25) is 0 Å². The van der Waals surface area contributed by atoms with Gasteiger partial charge in [-0.15, -0.1) is 0 Å². The second-order valence-electron chi connectivity index (χ2n) is 8.00. The van der Waals surface area contributed by atoms with Gasteiger partial charge in [0.05, 0.1) is 5.69 Å². The highest BCUT2D eigenvalue weighted by Crippen LogP contribution is 2.28. The molecule has 0 fully saturated rings. The van der Waals surface area contributed by atoms with Crippen molar-refractivity contribution in [2.24, 2.45) is 0 Å². The lowest BCUT2D eigenvalue weighted by atomic mass is 9.99. The van der Waals surface area contributed by atoms with Crippen LogP contribution in [0.25, 0.3) is 22.3 Å². The van der Waals surface area contributed by atoms with Crippen LogP contribution in [-0.4, -0.2) is 21.5 Å². The summed E-state index contributed by atoms with van der Waals surface area (Å²) in [5.41, 5.74) is 2.87. The van der Waals surface area contributed by atoms with E-state index in [1.54, 1.807) is 18.3 Å². The number of hydrogen-bond donors (Lipinski definition) is 0. The number of hydrogen-bond acceptors (Lipinski definition) is 4. The maximum Gasteiger partial charge on any atom is 0.306 e. The summed E-state index contributed by atoms with van der Waals surface area (Å²) in [5.74, 6) is -0.462. The second kappa shape index (κ2) is 8.99. The monoisotopic (exact) mass is 458 g/mol. The predicted octanol–water partition coefficient (Wildman–Crippen LogP) is 6.25. The van der Waals surface area contributed by atoms with Crippen LogP contribution in [-0.2, 0) is 16.0 Å². The molecule has 4 nitrogen and oxygen atoms in total. The summed E-state index contributed by atoms with van der Waals surface area (Å²) in [6.45, 7) is 5.60. The Morgan fingerprint density at radius 2 is 1.86 bits per heavy atom. The van der Waals surface area contributed by atoms with Crippen LogP contribution in [0.15, 0.2) is 47.1 Å². The molecule has 0 spiro atoms. The van der Waals surface area contributed by atoms with E-state index in [1.807, 2.05) is 26.8 Å². The van der Waals surface area contributed by atoms with E-state index in [-0.39, 0.29) is 11.8 Å². The standard InChI is InChI=1S/C23H24BrFN2O2/c1-23(2,3)29-20(28)7-5-4-6-16-12-17-13-18(24)14-26-22(17)27-21(16)15-8-10-19(25)11-9-15/h8-14H,4-7H2,1-3H3. The number of carbonyl (C=O) groups excluding carboxylic acids is 1. The number of aryl methyl sites for hydroxylation is 1. The van der Waals surface area contributed by atoms with Gasteiger partial charge in [-0.2, -0.15) is 0 Å². The fourth-order valence-electron chi connectivity index (χ4n) is 3.11. The quantitative estimate of drug-likeness (QED) is 0.323. The van der Waals surface area contributed by atoms with E-state index in [1.165, 1.54) is 12.1 Å². The average molecular weight is 459 g/mol. The number of fused-ring (bicyclic) bond motifs is 1. The largest absolute Gasteiger partial charge is 0.460 e. The lowest BCUT2D eigenvalue weighted by Gasteiger charge is -2.19. The molecule has 0 saturated carbocycles. The molecule has 2 aromatic heterocycles. The van der Waals surface area contributed by atoms with Gasteiger partial charge in [0.25, 0.3) is 0 Å². The Bertz CT molecular complexity index is 1010. The normalized spacial score (nSPS) is 11.6. The Hall–Kier alpha value is -2.34. The number of esters is 1. The van der Waals surface area contributed by atoms with Gasteiger partial charge in [-0.25, -0.2) is 14.4 Å². The SMILES string of the molecule is CC(C)(C)OC(=O)CCCCc1cc2cc(Br)cnc2nc1-c1ccc(F)cc1. The van der Waals surface area contributed by atoms with E-state index in [0.29, 0.717) is 12.1 Å². The van der Waals surface area contributed by atoms with Crippen molar-refractivity contribution in [2.75, 3.05) is 0 Å². The number of unbranched alkanes of at least 4 members (excludes halogenated alkanes) is 1. The third kappa shape index (κ3) is 6.07. The number of aromatic nitrogens is 2. The molecule has 3 rings (SSSR count). The number of rotatable bonds is 6. The van der Waals surface area contributed by atoms with E-state index < -0.39 is 5.60 Å². The molecule has 0 aliphatic rings. The van der Waals surface area contributed by atoms with Crippen LogP contribution < -0.4 is 0 Å². The Kier molecular flexibility index (Phi) is 6.63. The number of pyridine rings is 2. The zero-order chi connectivity index (χ0) is 21.0. The van der Waals surface area contributed by atoms with Crippen molar-refractivity contribution in [2.45, 2.75) is 52.1 Å². The summed E-state index contributed by atoms with van der Waals surface area (Å²) >= 11 is 3.45. The summed E-state index contributed by atoms with van der Waals surface area (Å²) in [4.78, 5) is 21.0. The van der Waals surface area contributed by atoms with E-state index in [0.717, 1.165) is 45.9 Å². The van der Waals surface area contributed by atoms with Crippen molar-refractivity contribution in [1.82, 2.24) is 9.97 Å². The Morgan fingerprint density at radius 3 is 2.55 bits per heavy atom. The lowest BCUT2D eigenvalue weighted by Crippen LogP contribution is -2.23. The molecule has 152 valence electrons. The topological polar surface area (TPSA) is 52.1 Å². The van der Waals surface area contributed by atoms with Gasteiger partial charge in [-0.1, -0.05) is 0 Å². The molecule has 0 bridgehead atoms. The van der Waals surface area contributed by atoms with Crippen LogP contribution in [0, 0.1) is 5.82 Å².